The topological polar surface area (TPSA) is 18.5 Å². The molecule has 0 fully saturated rings. The van der Waals surface area contributed by atoms with Crippen LogP contribution in [0.4, 0.5) is 0 Å². The van der Waals surface area contributed by atoms with Gasteiger partial charge in [0.25, 0.3) is 0 Å². The van der Waals surface area contributed by atoms with E-state index in [1.54, 1.807) is 11.1 Å². The molecular formula is C53H76O2. The van der Waals surface area contributed by atoms with Crippen LogP contribution in [0.1, 0.15) is 191 Å². The Labute approximate surface area is 337 Å². The average Bonchev–Trinajstić information content (AvgIpc) is 3.45. The molecule has 1 aliphatic carbocycles. The van der Waals surface area contributed by atoms with Crippen molar-refractivity contribution >= 4 is 10.8 Å². The lowest BCUT2D eigenvalue weighted by Crippen LogP contribution is -2.25. The first-order valence-electron chi connectivity index (χ1n) is 23.1. The number of fused-ring (bicyclic) bond motifs is 4. The second-order valence-electron chi connectivity index (χ2n) is 17.0. The first kappa shape index (κ1) is 42.9. The highest BCUT2D eigenvalue weighted by atomic mass is 16.5. The molecule has 0 radical (unpaired) electrons. The maximum absolute atomic E-state index is 6.92. The molecule has 0 amide bonds. The summed E-state index contributed by atoms with van der Waals surface area (Å²) in [5.41, 5.74) is 11.2. The van der Waals surface area contributed by atoms with Crippen molar-refractivity contribution in [2.75, 3.05) is 13.2 Å². The Morgan fingerprint density at radius 3 is 1.47 bits per heavy atom. The smallest absolute Gasteiger partial charge is 0.135 e. The van der Waals surface area contributed by atoms with Crippen molar-refractivity contribution in [3.63, 3.8) is 0 Å². The Morgan fingerprint density at radius 2 is 0.873 bits per heavy atom. The van der Waals surface area contributed by atoms with E-state index in [4.69, 9.17) is 9.47 Å². The first-order valence-corrected chi connectivity index (χ1v) is 23.1. The molecule has 0 atom stereocenters. The first-order chi connectivity index (χ1) is 27.0. The summed E-state index contributed by atoms with van der Waals surface area (Å²) in [6, 6.07) is 23.9. The van der Waals surface area contributed by atoms with Crippen LogP contribution in [-0.2, 0) is 5.41 Å². The van der Waals surface area contributed by atoms with Crippen molar-refractivity contribution < 1.29 is 9.47 Å². The second kappa shape index (κ2) is 22.5. The Morgan fingerprint density at radius 1 is 0.418 bits per heavy atom. The van der Waals surface area contributed by atoms with Gasteiger partial charge in [-0.3, -0.25) is 0 Å². The van der Waals surface area contributed by atoms with Crippen LogP contribution < -0.4 is 9.47 Å². The SMILES string of the molecule is CCCCCCCCC1(CCCCCCCC)c2cc(C)ccc2-c2ccc(-c3ccc4c(OCCCCCC)c(C)ccc4c3OCCCCCC)cc21. The molecule has 4 aromatic carbocycles. The summed E-state index contributed by atoms with van der Waals surface area (Å²) in [4.78, 5) is 0. The van der Waals surface area contributed by atoms with Crippen LogP contribution >= 0.6 is 0 Å². The molecule has 0 heterocycles. The summed E-state index contributed by atoms with van der Waals surface area (Å²) >= 11 is 0. The number of hydrogen-bond donors (Lipinski definition) is 0. The van der Waals surface area contributed by atoms with E-state index in [0.29, 0.717) is 0 Å². The standard InChI is InChI=1S/C53H76O2/c1-7-11-15-19-21-23-35-53(36-24-22-20-16-12-8-2)49-39-41(5)27-30-45(49)46-32-29-43(40-50(46)53)44-33-34-47-48(52(44)55-38-26-18-14-10-4)31-28-42(6)51(47)54-37-25-17-13-9-3/h27-34,39-40H,7-26,35-38H2,1-6H3. The van der Waals surface area contributed by atoms with Crippen LogP contribution in [0.3, 0.4) is 0 Å². The van der Waals surface area contributed by atoms with Crippen LogP contribution in [0.15, 0.2) is 60.7 Å². The number of ether oxygens (including phenoxy) is 2. The van der Waals surface area contributed by atoms with Gasteiger partial charge in [0.15, 0.2) is 0 Å². The fourth-order valence-corrected chi connectivity index (χ4v) is 9.29. The summed E-state index contributed by atoms with van der Waals surface area (Å²) in [6.45, 7) is 15.2. The van der Waals surface area contributed by atoms with Crippen LogP contribution in [0.5, 0.6) is 11.5 Å². The summed E-state index contributed by atoms with van der Waals surface area (Å²) in [6.07, 6.45) is 28.1. The molecule has 0 aliphatic heterocycles. The maximum atomic E-state index is 6.92. The van der Waals surface area contributed by atoms with Crippen molar-refractivity contribution in [1.29, 1.82) is 0 Å². The van der Waals surface area contributed by atoms with Gasteiger partial charge in [-0.1, -0.05) is 191 Å². The minimum Gasteiger partial charge on any atom is -0.493 e. The molecule has 0 N–H and O–H groups in total. The third-order valence-electron chi connectivity index (χ3n) is 12.5. The minimum atomic E-state index is 0.0517. The number of hydrogen-bond acceptors (Lipinski definition) is 2. The minimum absolute atomic E-state index is 0.0517. The molecule has 0 unspecified atom stereocenters. The van der Waals surface area contributed by atoms with Crippen molar-refractivity contribution in [2.45, 2.75) is 188 Å². The van der Waals surface area contributed by atoms with E-state index in [2.05, 4.69) is 102 Å². The van der Waals surface area contributed by atoms with Gasteiger partial charge in [0.2, 0.25) is 0 Å². The molecule has 0 saturated heterocycles. The Bertz CT molecular complexity index is 1730. The van der Waals surface area contributed by atoms with Gasteiger partial charge in [-0.05, 0) is 91.1 Å². The quantitative estimate of drug-likeness (QED) is 0.0566. The van der Waals surface area contributed by atoms with Gasteiger partial charge in [0.05, 0.1) is 13.2 Å². The monoisotopic (exact) mass is 745 g/mol. The summed E-state index contributed by atoms with van der Waals surface area (Å²) < 4.78 is 13.5. The molecule has 2 heteroatoms. The van der Waals surface area contributed by atoms with Crippen LogP contribution in [0.2, 0.25) is 0 Å². The summed E-state index contributed by atoms with van der Waals surface area (Å²) in [5.74, 6) is 2.04. The molecule has 5 rings (SSSR count). The van der Waals surface area contributed by atoms with Gasteiger partial charge >= 0.3 is 0 Å². The van der Waals surface area contributed by atoms with Gasteiger partial charge in [0.1, 0.15) is 11.5 Å². The van der Waals surface area contributed by atoms with Gasteiger partial charge in [-0.15, -0.1) is 0 Å². The Balaban J connectivity index is 1.57. The lowest BCUT2D eigenvalue weighted by atomic mass is 9.70. The van der Waals surface area contributed by atoms with E-state index in [-0.39, 0.29) is 5.41 Å². The lowest BCUT2D eigenvalue weighted by molar-refractivity contribution is 0.304. The van der Waals surface area contributed by atoms with Crippen molar-refractivity contribution in [3.8, 4) is 33.8 Å². The van der Waals surface area contributed by atoms with Crippen LogP contribution in [-0.4, -0.2) is 13.2 Å². The zero-order valence-corrected chi connectivity index (χ0v) is 36.1. The van der Waals surface area contributed by atoms with Crippen molar-refractivity contribution in [3.05, 3.63) is 82.9 Å². The molecule has 0 saturated carbocycles. The zero-order valence-electron chi connectivity index (χ0n) is 36.1. The highest BCUT2D eigenvalue weighted by molar-refractivity contribution is 5.99. The van der Waals surface area contributed by atoms with Crippen LogP contribution in [0, 0.1) is 13.8 Å². The Hall–Kier alpha value is -3.26. The normalized spacial score (nSPS) is 13.0. The highest BCUT2D eigenvalue weighted by Crippen LogP contribution is 2.56. The zero-order chi connectivity index (χ0) is 38.9. The summed E-state index contributed by atoms with van der Waals surface area (Å²) in [5, 5.41) is 2.35. The van der Waals surface area contributed by atoms with E-state index in [0.717, 1.165) is 37.6 Å². The molecule has 55 heavy (non-hydrogen) atoms. The van der Waals surface area contributed by atoms with Crippen LogP contribution in [0.25, 0.3) is 33.0 Å². The van der Waals surface area contributed by atoms with E-state index in [1.807, 2.05) is 0 Å². The molecule has 4 aromatic rings. The average molecular weight is 745 g/mol. The number of unbranched alkanes of at least 4 members (excludes halogenated alkanes) is 16. The second-order valence-corrected chi connectivity index (χ2v) is 17.0. The molecule has 2 nitrogen and oxygen atoms in total. The van der Waals surface area contributed by atoms with Gasteiger partial charge in [0, 0.05) is 21.8 Å². The van der Waals surface area contributed by atoms with Crippen molar-refractivity contribution in [1.82, 2.24) is 0 Å². The molecule has 0 aromatic heterocycles. The third-order valence-corrected chi connectivity index (χ3v) is 12.5. The molecule has 300 valence electrons. The number of benzene rings is 4. The largest absolute Gasteiger partial charge is 0.493 e. The highest BCUT2D eigenvalue weighted by Gasteiger charge is 2.42. The van der Waals surface area contributed by atoms with Gasteiger partial charge in [-0.25, -0.2) is 0 Å². The van der Waals surface area contributed by atoms with E-state index in [1.165, 1.54) is 173 Å². The lowest BCUT2D eigenvalue weighted by Gasteiger charge is -2.33. The molecule has 0 bridgehead atoms. The number of rotatable bonds is 27. The predicted molar refractivity (Wildman–Crippen MR) is 240 cm³/mol. The summed E-state index contributed by atoms with van der Waals surface area (Å²) in [7, 11) is 0. The molecule has 1 aliphatic rings. The molecular weight excluding hydrogens is 669 g/mol. The number of aryl methyl sites for hydroxylation is 2. The van der Waals surface area contributed by atoms with E-state index < -0.39 is 0 Å². The van der Waals surface area contributed by atoms with Gasteiger partial charge < -0.3 is 9.47 Å². The maximum Gasteiger partial charge on any atom is 0.135 e. The van der Waals surface area contributed by atoms with Gasteiger partial charge in [-0.2, -0.15) is 0 Å². The predicted octanol–water partition coefficient (Wildman–Crippen LogP) is 16.8. The Kier molecular flexibility index (Phi) is 17.5. The fourth-order valence-electron chi connectivity index (χ4n) is 9.29. The molecule has 0 spiro atoms. The third kappa shape index (κ3) is 11.0. The van der Waals surface area contributed by atoms with E-state index >= 15 is 0 Å². The van der Waals surface area contributed by atoms with Crippen molar-refractivity contribution in [2.24, 2.45) is 0 Å². The van der Waals surface area contributed by atoms with E-state index in [9.17, 15) is 0 Å². The fraction of sp³-hybridized carbons (Fsp3) is 0.585.